The Kier molecular flexibility index (Phi) is 5.49. The molecule has 2 N–H and O–H groups in total. The molecule has 160 valence electrons. The van der Waals surface area contributed by atoms with Crippen molar-refractivity contribution in [2.24, 2.45) is 5.92 Å². The first-order chi connectivity index (χ1) is 15.1. The molecule has 0 saturated heterocycles. The number of amides is 3. The van der Waals surface area contributed by atoms with Gasteiger partial charge in [0.2, 0.25) is 5.91 Å². The maximum atomic E-state index is 12.6. The zero-order chi connectivity index (χ0) is 21.2. The van der Waals surface area contributed by atoms with Gasteiger partial charge in [-0.1, -0.05) is 42.5 Å². The third-order valence-corrected chi connectivity index (χ3v) is 6.58. The number of hydrogen-bond donors (Lipinski definition) is 2. The standard InChI is InChI=1S/C26H29N3O2/c30-25(15-18-5-6-18)27-23-11-7-19(8-12-23)20-9-13-24(14-10-20)28-26(31)29-16-21-3-1-2-4-22(21)17-29/h1-4,7,9-10,13-14,18,23H,5-6,8,11-12,15-17H2,(H,27,30)(H,28,31). The van der Waals surface area contributed by atoms with Crippen LogP contribution in [0.4, 0.5) is 10.5 Å². The van der Waals surface area contributed by atoms with E-state index in [1.165, 1.54) is 35.1 Å². The average molecular weight is 416 g/mol. The molecule has 1 aliphatic heterocycles. The van der Waals surface area contributed by atoms with Gasteiger partial charge in [0.1, 0.15) is 0 Å². The highest BCUT2D eigenvalue weighted by Crippen LogP contribution is 2.33. The largest absolute Gasteiger partial charge is 0.353 e. The molecule has 0 radical (unpaired) electrons. The van der Waals surface area contributed by atoms with Crippen LogP contribution in [0.25, 0.3) is 5.57 Å². The first kappa shape index (κ1) is 19.9. The summed E-state index contributed by atoms with van der Waals surface area (Å²) >= 11 is 0. The van der Waals surface area contributed by atoms with Crippen molar-refractivity contribution in [1.29, 1.82) is 0 Å². The van der Waals surface area contributed by atoms with Gasteiger partial charge in [-0.15, -0.1) is 0 Å². The van der Waals surface area contributed by atoms with Gasteiger partial charge in [-0.2, -0.15) is 0 Å². The van der Waals surface area contributed by atoms with Crippen molar-refractivity contribution in [2.75, 3.05) is 5.32 Å². The summed E-state index contributed by atoms with van der Waals surface area (Å²) in [6.07, 6.45) is 8.21. The molecule has 5 heteroatoms. The Labute approximate surface area is 183 Å². The first-order valence-corrected chi connectivity index (χ1v) is 11.4. The normalized spacial score (nSPS) is 20.1. The second-order valence-corrected chi connectivity index (χ2v) is 9.05. The Hall–Kier alpha value is -3.08. The van der Waals surface area contributed by atoms with Gasteiger partial charge in [-0.25, -0.2) is 4.79 Å². The summed E-state index contributed by atoms with van der Waals surface area (Å²) in [7, 11) is 0. The van der Waals surface area contributed by atoms with E-state index in [0.717, 1.165) is 24.9 Å². The molecule has 3 amide bonds. The lowest BCUT2D eigenvalue weighted by molar-refractivity contribution is -0.122. The number of carbonyl (C=O) groups excluding carboxylic acids is 2. The predicted molar refractivity (Wildman–Crippen MR) is 122 cm³/mol. The molecule has 1 saturated carbocycles. The van der Waals surface area contributed by atoms with Crippen LogP contribution in [0.5, 0.6) is 0 Å². The van der Waals surface area contributed by atoms with E-state index in [2.05, 4.69) is 41.0 Å². The summed E-state index contributed by atoms with van der Waals surface area (Å²) in [5, 5.41) is 6.21. The van der Waals surface area contributed by atoms with Crippen molar-refractivity contribution in [2.45, 2.75) is 57.7 Å². The highest BCUT2D eigenvalue weighted by atomic mass is 16.2. The number of allylic oxidation sites excluding steroid dienone is 1. The number of urea groups is 1. The molecular formula is C26H29N3O2. The molecule has 3 aliphatic rings. The molecule has 0 bridgehead atoms. The third-order valence-electron chi connectivity index (χ3n) is 6.58. The van der Waals surface area contributed by atoms with Crippen LogP contribution < -0.4 is 10.6 Å². The van der Waals surface area contributed by atoms with Crippen molar-refractivity contribution in [3.8, 4) is 0 Å². The van der Waals surface area contributed by atoms with Crippen LogP contribution in [-0.4, -0.2) is 22.9 Å². The fraction of sp³-hybridized carbons (Fsp3) is 0.385. The van der Waals surface area contributed by atoms with Crippen LogP contribution in [0.3, 0.4) is 0 Å². The topological polar surface area (TPSA) is 61.4 Å². The monoisotopic (exact) mass is 415 g/mol. The van der Waals surface area contributed by atoms with Crippen LogP contribution >= 0.6 is 0 Å². The Bertz CT molecular complexity index is 983. The van der Waals surface area contributed by atoms with Crippen molar-refractivity contribution >= 4 is 23.2 Å². The zero-order valence-electron chi connectivity index (χ0n) is 17.8. The van der Waals surface area contributed by atoms with Gasteiger partial charge in [0.15, 0.2) is 0 Å². The second-order valence-electron chi connectivity index (χ2n) is 9.05. The van der Waals surface area contributed by atoms with E-state index < -0.39 is 0 Å². The van der Waals surface area contributed by atoms with Crippen molar-refractivity contribution in [1.82, 2.24) is 10.2 Å². The minimum atomic E-state index is -0.0642. The number of hydrogen-bond acceptors (Lipinski definition) is 2. The van der Waals surface area contributed by atoms with Gasteiger partial charge in [0.25, 0.3) is 0 Å². The molecule has 2 aromatic carbocycles. The van der Waals surface area contributed by atoms with Gasteiger partial charge in [-0.3, -0.25) is 4.79 Å². The minimum Gasteiger partial charge on any atom is -0.353 e. The lowest BCUT2D eigenvalue weighted by Gasteiger charge is -2.23. The predicted octanol–water partition coefficient (Wildman–Crippen LogP) is 5.09. The lowest BCUT2D eigenvalue weighted by Crippen LogP contribution is -2.35. The summed E-state index contributed by atoms with van der Waals surface area (Å²) in [4.78, 5) is 26.5. The lowest BCUT2D eigenvalue weighted by atomic mass is 9.90. The molecule has 1 atom stereocenters. The SMILES string of the molecule is O=C(CC1CC1)NC1CC=C(c2ccc(NC(=O)N3Cc4ccccc4C3)cc2)CC1. The van der Waals surface area contributed by atoms with Gasteiger partial charge in [-0.05, 0) is 72.4 Å². The smallest absolute Gasteiger partial charge is 0.322 e. The van der Waals surface area contributed by atoms with Crippen LogP contribution in [-0.2, 0) is 17.9 Å². The Morgan fingerprint density at radius 3 is 2.26 bits per heavy atom. The Balaban J connectivity index is 1.13. The molecule has 1 fully saturated rings. The maximum Gasteiger partial charge on any atom is 0.322 e. The molecule has 31 heavy (non-hydrogen) atoms. The number of fused-ring (bicyclic) bond motifs is 1. The highest BCUT2D eigenvalue weighted by molar-refractivity contribution is 5.90. The number of benzene rings is 2. The van der Waals surface area contributed by atoms with Crippen molar-refractivity contribution < 1.29 is 9.59 Å². The minimum absolute atomic E-state index is 0.0642. The van der Waals surface area contributed by atoms with E-state index in [-0.39, 0.29) is 18.0 Å². The summed E-state index contributed by atoms with van der Waals surface area (Å²) in [5.41, 5.74) is 5.76. The van der Waals surface area contributed by atoms with E-state index in [9.17, 15) is 9.59 Å². The number of nitrogens with zero attached hydrogens (tertiary/aromatic N) is 1. The molecule has 1 heterocycles. The van der Waals surface area contributed by atoms with E-state index in [1.54, 1.807) is 0 Å². The fourth-order valence-electron chi connectivity index (χ4n) is 4.55. The van der Waals surface area contributed by atoms with Crippen LogP contribution in [0.1, 0.15) is 55.2 Å². The van der Waals surface area contributed by atoms with Gasteiger partial charge in [0.05, 0.1) is 0 Å². The van der Waals surface area contributed by atoms with E-state index in [0.29, 0.717) is 25.4 Å². The molecule has 1 unspecified atom stereocenters. The Morgan fingerprint density at radius 2 is 1.65 bits per heavy atom. The number of carbonyl (C=O) groups is 2. The Morgan fingerprint density at radius 1 is 0.935 bits per heavy atom. The quantitative estimate of drug-likeness (QED) is 0.715. The van der Waals surface area contributed by atoms with Gasteiger partial charge < -0.3 is 15.5 Å². The van der Waals surface area contributed by atoms with Crippen LogP contribution in [0.2, 0.25) is 0 Å². The summed E-state index contributed by atoms with van der Waals surface area (Å²) in [6.45, 7) is 1.32. The average Bonchev–Trinajstić information content (AvgIpc) is 3.48. The van der Waals surface area contributed by atoms with Crippen LogP contribution in [0.15, 0.2) is 54.6 Å². The molecule has 5 nitrogen and oxygen atoms in total. The zero-order valence-corrected chi connectivity index (χ0v) is 17.8. The molecule has 2 aromatic rings. The van der Waals surface area contributed by atoms with Gasteiger partial charge >= 0.3 is 6.03 Å². The molecule has 2 aliphatic carbocycles. The van der Waals surface area contributed by atoms with Crippen molar-refractivity contribution in [3.63, 3.8) is 0 Å². The molecular weight excluding hydrogens is 386 g/mol. The fourth-order valence-corrected chi connectivity index (χ4v) is 4.55. The molecule has 0 aromatic heterocycles. The molecule has 0 spiro atoms. The third kappa shape index (κ3) is 4.82. The summed E-state index contributed by atoms with van der Waals surface area (Å²) in [5.74, 6) is 0.847. The molecule has 5 rings (SSSR count). The summed E-state index contributed by atoms with van der Waals surface area (Å²) in [6, 6.07) is 16.5. The number of anilines is 1. The van der Waals surface area contributed by atoms with Crippen molar-refractivity contribution in [3.05, 3.63) is 71.3 Å². The summed E-state index contributed by atoms with van der Waals surface area (Å²) < 4.78 is 0. The number of rotatable bonds is 5. The second kappa shape index (κ2) is 8.58. The highest BCUT2D eigenvalue weighted by Gasteiger charge is 2.26. The van der Waals surface area contributed by atoms with E-state index in [4.69, 9.17) is 0 Å². The van der Waals surface area contributed by atoms with Crippen LogP contribution in [0, 0.1) is 5.92 Å². The van der Waals surface area contributed by atoms with E-state index in [1.807, 2.05) is 29.2 Å². The number of nitrogens with one attached hydrogen (secondary N) is 2. The van der Waals surface area contributed by atoms with Gasteiger partial charge in [0, 0.05) is 31.2 Å². The van der Waals surface area contributed by atoms with E-state index >= 15 is 0 Å². The first-order valence-electron chi connectivity index (χ1n) is 11.4. The maximum absolute atomic E-state index is 12.6.